The van der Waals surface area contributed by atoms with Crippen LogP contribution in [0.25, 0.3) is 0 Å². The molecule has 0 bridgehead atoms. The Morgan fingerprint density at radius 1 is 1.15 bits per heavy atom. The first-order valence-corrected chi connectivity index (χ1v) is 6.58. The maximum absolute atomic E-state index is 10.1. The summed E-state index contributed by atoms with van der Waals surface area (Å²) in [6.45, 7) is 6.38. The van der Waals surface area contributed by atoms with Gasteiger partial charge in [0.25, 0.3) is 0 Å². The second-order valence-corrected chi connectivity index (χ2v) is 5.00. The van der Waals surface area contributed by atoms with Gasteiger partial charge in [-0.05, 0) is 25.9 Å². The highest BCUT2D eigenvalue weighted by Crippen LogP contribution is 2.06. The van der Waals surface area contributed by atoms with Crippen molar-refractivity contribution in [2.75, 3.05) is 0 Å². The van der Waals surface area contributed by atoms with Gasteiger partial charge in [0.15, 0.2) is 0 Å². The van der Waals surface area contributed by atoms with Crippen molar-refractivity contribution in [3.8, 4) is 0 Å². The van der Waals surface area contributed by atoms with Gasteiger partial charge in [-0.3, -0.25) is 0 Å². The maximum Gasteiger partial charge on any atom is 0.211 e. The van der Waals surface area contributed by atoms with Crippen LogP contribution in [0.1, 0.15) is 16.7 Å². The summed E-state index contributed by atoms with van der Waals surface area (Å²) < 4.78 is 19.7. The Hall–Kier alpha value is -2.42. The van der Waals surface area contributed by atoms with Gasteiger partial charge < -0.3 is 10.1 Å². The molecule has 0 radical (unpaired) electrons. The molecular formula is C11H13N4O4S-. The zero-order valence-corrected chi connectivity index (χ0v) is 12.0. The van der Waals surface area contributed by atoms with E-state index in [0.29, 0.717) is 6.20 Å². The van der Waals surface area contributed by atoms with E-state index in [2.05, 4.69) is 49.3 Å². The summed E-state index contributed by atoms with van der Waals surface area (Å²) in [5.41, 5.74) is 4.06. The van der Waals surface area contributed by atoms with Crippen molar-refractivity contribution in [2.24, 2.45) is 0 Å². The number of hydrogen-bond donors (Lipinski definition) is 0. The van der Waals surface area contributed by atoms with Crippen LogP contribution < -0.4 is 0 Å². The van der Waals surface area contributed by atoms with Crippen molar-refractivity contribution in [3.05, 3.63) is 55.8 Å². The lowest BCUT2D eigenvalue weighted by Gasteiger charge is -1.96. The normalized spacial score (nSPS) is 9.55. The largest absolute Gasteiger partial charge is 0.341 e. The second kappa shape index (κ2) is 6.66. The van der Waals surface area contributed by atoms with E-state index in [1.54, 1.807) is 0 Å². The minimum Gasteiger partial charge on any atom is -0.341 e. The predicted octanol–water partition coefficient (Wildman–Crippen LogP) is 1.06. The molecule has 0 saturated heterocycles. The molecule has 2 aromatic rings. The summed E-state index contributed by atoms with van der Waals surface area (Å²) in [7, 11) is -2.57. The molecule has 0 amide bonds. The van der Waals surface area contributed by atoms with Crippen LogP contribution in [0.15, 0.2) is 24.4 Å². The van der Waals surface area contributed by atoms with Crippen LogP contribution in [0.2, 0.25) is 0 Å². The molecule has 0 unspecified atom stereocenters. The molecule has 0 aliphatic carbocycles. The summed E-state index contributed by atoms with van der Waals surface area (Å²) in [4.78, 5) is 10.1. The van der Waals surface area contributed by atoms with E-state index < -0.39 is 20.0 Å². The molecule has 20 heavy (non-hydrogen) atoms. The van der Waals surface area contributed by atoms with Crippen LogP contribution in [0, 0.1) is 35.5 Å². The zero-order chi connectivity index (χ0) is 15.3. The molecule has 0 fully saturated rings. The quantitative estimate of drug-likeness (QED) is 0.337. The van der Waals surface area contributed by atoms with Gasteiger partial charge in [-0.1, -0.05) is 34.9 Å². The second-order valence-electron chi connectivity index (χ2n) is 4.11. The van der Waals surface area contributed by atoms with Crippen LogP contribution in [0.3, 0.4) is 0 Å². The Balaban J connectivity index is 0.000000204. The molecule has 0 atom stereocenters. The molecule has 0 saturated carbocycles. The Bertz CT molecular complexity index is 730. The molecule has 0 N–H and O–H groups in total. The van der Waals surface area contributed by atoms with Gasteiger partial charge in [-0.15, -0.1) is 11.0 Å². The van der Waals surface area contributed by atoms with Crippen LogP contribution in [0.5, 0.6) is 0 Å². The molecule has 2 rings (SSSR count). The molecule has 0 spiro atoms. The number of rotatable bonds is 1. The highest BCUT2D eigenvalue weighted by Gasteiger charge is 1.92. The topological polar surface area (TPSA) is 108 Å². The highest BCUT2D eigenvalue weighted by molar-refractivity contribution is 7.63. The number of aromatic nitrogens is 3. The van der Waals surface area contributed by atoms with E-state index in [-0.39, 0.29) is 4.79 Å². The first-order chi connectivity index (χ1) is 9.29. The first kappa shape index (κ1) is 15.6. The van der Waals surface area contributed by atoms with Crippen molar-refractivity contribution < 1.29 is 13.5 Å². The third kappa shape index (κ3) is 4.69. The number of hydrogen-bond acceptors (Lipinski definition) is 6. The van der Waals surface area contributed by atoms with E-state index >= 15 is 0 Å². The lowest BCUT2D eigenvalue weighted by atomic mass is 10.1. The van der Waals surface area contributed by atoms with Crippen LogP contribution >= 0.6 is 0 Å². The van der Waals surface area contributed by atoms with Crippen molar-refractivity contribution in [2.45, 2.75) is 20.8 Å². The van der Waals surface area contributed by atoms with E-state index in [9.17, 15) is 18.5 Å². The third-order valence-electron chi connectivity index (χ3n) is 2.16. The Morgan fingerprint density at radius 3 is 1.85 bits per heavy atom. The van der Waals surface area contributed by atoms with E-state index in [1.165, 1.54) is 16.7 Å². The average molecular weight is 297 g/mol. The summed E-state index contributed by atoms with van der Waals surface area (Å²) in [5, 5.41) is 14.9. The molecule has 9 heteroatoms. The first-order valence-electron chi connectivity index (χ1n) is 5.51. The smallest absolute Gasteiger partial charge is 0.211 e. The van der Waals surface area contributed by atoms with Gasteiger partial charge in [0.2, 0.25) is 10.3 Å². The number of nitrogens with zero attached hydrogens (tertiary/aromatic N) is 4. The van der Waals surface area contributed by atoms with Crippen LogP contribution in [-0.4, -0.2) is 28.6 Å². The SMILES string of the molecule is Cc1cc(C)cc(C)c1.O=[N+]([O-])n1[cH-]c(=S(=O)=O)nn1. The number of nitro groups is 1. The van der Waals surface area contributed by atoms with Gasteiger partial charge in [0.05, 0.1) is 0 Å². The molecule has 1 heterocycles. The van der Waals surface area contributed by atoms with E-state index in [4.69, 9.17) is 0 Å². The molecular weight excluding hydrogens is 284 g/mol. The van der Waals surface area contributed by atoms with Gasteiger partial charge in [0.1, 0.15) is 9.85 Å². The van der Waals surface area contributed by atoms with Gasteiger partial charge in [-0.25, -0.2) is 0 Å². The van der Waals surface area contributed by atoms with E-state index in [1.807, 2.05) is 0 Å². The summed E-state index contributed by atoms with van der Waals surface area (Å²) in [5.74, 6) is 0. The molecule has 0 aliphatic rings. The summed E-state index contributed by atoms with van der Waals surface area (Å²) in [6, 6.07) is 6.56. The molecule has 1 aromatic heterocycles. The minimum absolute atomic E-state index is 0.213. The lowest BCUT2D eigenvalue weighted by Crippen LogP contribution is -2.08. The number of benzene rings is 1. The molecule has 1 aromatic carbocycles. The number of aryl methyl sites for hydroxylation is 3. The van der Waals surface area contributed by atoms with Gasteiger partial charge in [-0.2, -0.15) is 8.42 Å². The average Bonchev–Trinajstić information content (AvgIpc) is 2.76. The fourth-order valence-corrected chi connectivity index (χ4v) is 1.88. The molecule has 108 valence electrons. The van der Waals surface area contributed by atoms with Crippen LogP contribution in [0.4, 0.5) is 0 Å². The summed E-state index contributed by atoms with van der Waals surface area (Å²) >= 11 is 0. The monoisotopic (exact) mass is 297 g/mol. The Kier molecular flexibility index (Phi) is 5.21. The third-order valence-corrected chi connectivity index (χ3v) is 2.69. The summed E-state index contributed by atoms with van der Waals surface area (Å²) in [6.07, 6.45) is 0.698. The van der Waals surface area contributed by atoms with Gasteiger partial charge >= 0.3 is 0 Å². The lowest BCUT2D eigenvalue weighted by molar-refractivity contribution is -0.553. The van der Waals surface area contributed by atoms with Crippen molar-refractivity contribution in [3.63, 3.8) is 0 Å². The zero-order valence-electron chi connectivity index (χ0n) is 11.1. The Labute approximate surface area is 116 Å². The van der Waals surface area contributed by atoms with E-state index in [0.717, 1.165) is 0 Å². The highest BCUT2D eigenvalue weighted by atomic mass is 32.2. The Morgan fingerprint density at radius 2 is 1.60 bits per heavy atom. The van der Waals surface area contributed by atoms with Crippen molar-refractivity contribution in [1.82, 2.24) is 15.1 Å². The van der Waals surface area contributed by atoms with Crippen LogP contribution in [-0.2, 0) is 10.3 Å². The standard InChI is InChI=1S/C9H12.C2HN4O4S/c1-7-4-8(2)6-9(3)5-7;7-6(8)5-1-2(3-4-5)11(9)10/h4-6H,1-3H3;1H/q;-1. The molecule has 8 nitrogen and oxygen atoms in total. The molecule has 0 aliphatic heterocycles. The fourth-order valence-electron chi connectivity index (χ4n) is 1.60. The van der Waals surface area contributed by atoms with Gasteiger partial charge in [0, 0.05) is 5.03 Å². The fraction of sp³-hybridized carbons (Fsp3) is 0.273. The van der Waals surface area contributed by atoms with Crippen molar-refractivity contribution in [1.29, 1.82) is 0 Å². The minimum atomic E-state index is -2.57. The predicted molar refractivity (Wildman–Crippen MR) is 70.8 cm³/mol. The maximum atomic E-state index is 10.1. The van der Waals surface area contributed by atoms with Crippen molar-refractivity contribution >= 4 is 10.3 Å².